The summed E-state index contributed by atoms with van der Waals surface area (Å²) < 4.78 is 3.02. The van der Waals surface area contributed by atoms with Crippen LogP contribution in [0.15, 0.2) is 47.6 Å². The number of halogens is 1. The van der Waals surface area contributed by atoms with Crippen LogP contribution < -0.4 is 0 Å². The second-order valence-electron chi connectivity index (χ2n) is 4.80. The van der Waals surface area contributed by atoms with E-state index in [0.717, 1.165) is 34.0 Å². The third-order valence-electron chi connectivity index (χ3n) is 3.29. The van der Waals surface area contributed by atoms with Gasteiger partial charge in [-0.2, -0.15) is 0 Å². The molecule has 0 spiro atoms. The molecule has 0 amide bonds. The molecule has 0 bridgehead atoms. The molecule has 0 aliphatic heterocycles. The first kappa shape index (κ1) is 15.6. The van der Waals surface area contributed by atoms with Gasteiger partial charge in [0.1, 0.15) is 5.82 Å². The molecule has 0 saturated carbocycles. The zero-order chi connectivity index (χ0) is 15.4. The highest BCUT2D eigenvalue weighted by molar-refractivity contribution is 7.98. The lowest BCUT2D eigenvalue weighted by Gasteiger charge is -2.07. The maximum Gasteiger partial charge on any atom is 0.191 e. The Labute approximate surface area is 143 Å². The van der Waals surface area contributed by atoms with E-state index in [9.17, 15) is 0 Å². The summed E-state index contributed by atoms with van der Waals surface area (Å²) >= 11 is 9.30. The van der Waals surface area contributed by atoms with Crippen molar-refractivity contribution in [1.82, 2.24) is 14.8 Å². The van der Waals surface area contributed by atoms with Crippen molar-refractivity contribution >= 4 is 34.7 Å². The number of rotatable bonds is 6. The fourth-order valence-electron chi connectivity index (χ4n) is 2.22. The zero-order valence-corrected chi connectivity index (χ0v) is 14.6. The van der Waals surface area contributed by atoms with Crippen molar-refractivity contribution in [2.45, 2.75) is 30.8 Å². The van der Waals surface area contributed by atoms with Crippen molar-refractivity contribution in [3.05, 3.63) is 63.1 Å². The van der Waals surface area contributed by atoms with Crippen LogP contribution in [0.2, 0.25) is 4.34 Å². The van der Waals surface area contributed by atoms with Gasteiger partial charge >= 0.3 is 0 Å². The van der Waals surface area contributed by atoms with E-state index in [0.29, 0.717) is 0 Å². The minimum Gasteiger partial charge on any atom is -0.306 e. The number of hydrogen-bond acceptors (Lipinski definition) is 4. The van der Waals surface area contributed by atoms with Crippen LogP contribution in [-0.2, 0) is 18.7 Å². The van der Waals surface area contributed by atoms with Gasteiger partial charge in [0.25, 0.3) is 0 Å². The highest BCUT2D eigenvalue weighted by atomic mass is 35.5. The van der Waals surface area contributed by atoms with Crippen molar-refractivity contribution in [3.8, 4) is 0 Å². The number of hydrogen-bond donors (Lipinski definition) is 0. The molecule has 0 aliphatic carbocycles. The molecule has 114 valence electrons. The number of nitrogens with zero attached hydrogens (tertiary/aromatic N) is 3. The molecule has 1 aromatic carbocycles. The fraction of sp³-hybridized carbons (Fsp3) is 0.250. The lowest BCUT2D eigenvalue weighted by Crippen LogP contribution is -2.04. The van der Waals surface area contributed by atoms with Crippen molar-refractivity contribution in [2.75, 3.05) is 0 Å². The summed E-state index contributed by atoms with van der Waals surface area (Å²) in [7, 11) is 0. The predicted octanol–water partition coefficient (Wildman–Crippen LogP) is 4.90. The summed E-state index contributed by atoms with van der Waals surface area (Å²) in [5.41, 5.74) is 1.26. The Bertz CT molecular complexity index is 737. The van der Waals surface area contributed by atoms with Gasteiger partial charge in [0.2, 0.25) is 0 Å². The van der Waals surface area contributed by atoms with Gasteiger partial charge in [-0.1, -0.05) is 53.7 Å². The molecule has 2 aromatic heterocycles. The summed E-state index contributed by atoms with van der Waals surface area (Å²) in [5, 5.41) is 9.69. The molecular formula is C16H16ClN3S2. The molecule has 0 fully saturated rings. The Kier molecular flexibility index (Phi) is 5.18. The molecule has 0 radical (unpaired) electrons. The van der Waals surface area contributed by atoms with Gasteiger partial charge in [-0.05, 0) is 24.6 Å². The van der Waals surface area contributed by atoms with E-state index < -0.39 is 0 Å². The molecule has 6 heteroatoms. The maximum absolute atomic E-state index is 5.97. The van der Waals surface area contributed by atoms with Crippen LogP contribution in [0.1, 0.15) is 23.2 Å². The van der Waals surface area contributed by atoms with Crippen LogP contribution in [0, 0.1) is 0 Å². The molecule has 0 N–H and O–H groups in total. The van der Waals surface area contributed by atoms with E-state index >= 15 is 0 Å². The normalized spacial score (nSPS) is 11.0. The van der Waals surface area contributed by atoms with E-state index in [4.69, 9.17) is 11.6 Å². The van der Waals surface area contributed by atoms with E-state index in [1.165, 1.54) is 10.4 Å². The van der Waals surface area contributed by atoms with Gasteiger partial charge in [0.05, 0.1) is 4.34 Å². The quantitative estimate of drug-likeness (QED) is 0.593. The molecule has 22 heavy (non-hydrogen) atoms. The Morgan fingerprint density at radius 2 is 1.95 bits per heavy atom. The van der Waals surface area contributed by atoms with Gasteiger partial charge in [-0.15, -0.1) is 21.5 Å². The molecule has 0 aliphatic rings. The summed E-state index contributed by atoms with van der Waals surface area (Å²) in [6.07, 6.45) is 0.813. The number of benzene rings is 1. The second kappa shape index (κ2) is 7.31. The lowest BCUT2D eigenvalue weighted by molar-refractivity contribution is 0.651. The Morgan fingerprint density at radius 3 is 2.64 bits per heavy atom. The van der Waals surface area contributed by atoms with Gasteiger partial charge in [-0.3, -0.25) is 0 Å². The van der Waals surface area contributed by atoms with E-state index in [-0.39, 0.29) is 0 Å². The Balaban J connectivity index is 1.72. The second-order valence-corrected chi connectivity index (χ2v) is 7.54. The van der Waals surface area contributed by atoms with Gasteiger partial charge < -0.3 is 4.57 Å². The Morgan fingerprint density at radius 1 is 1.14 bits per heavy atom. The third kappa shape index (κ3) is 3.72. The summed E-state index contributed by atoms with van der Waals surface area (Å²) in [4.78, 5) is 1.25. The first-order valence-corrected chi connectivity index (χ1v) is 9.27. The van der Waals surface area contributed by atoms with E-state index in [1.54, 1.807) is 23.1 Å². The number of thiophene rings is 1. The smallest absolute Gasteiger partial charge is 0.191 e. The minimum atomic E-state index is 0.813. The number of thioether (sulfide) groups is 1. The summed E-state index contributed by atoms with van der Waals surface area (Å²) in [6.45, 7) is 3.01. The summed E-state index contributed by atoms with van der Waals surface area (Å²) in [6, 6.07) is 14.4. The van der Waals surface area contributed by atoms with E-state index in [2.05, 4.69) is 52.0 Å². The first-order chi connectivity index (χ1) is 10.8. The highest BCUT2D eigenvalue weighted by Crippen LogP contribution is 2.28. The monoisotopic (exact) mass is 349 g/mol. The molecule has 3 aromatic rings. The van der Waals surface area contributed by atoms with Crippen LogP contribution in [-0.4, -0.2) is 14.8 Å². The van der Waals surface area contributed by atoms with Crippen molar-refractivity contribution in [3.63, 3.8) is 0 Å². The van der Waals surface area contributed by atoms with Gasteiger partial charge in [-0.25, -0.2) is 0 Å². The number of aromatic nitrogens is 3. The predicted molar refractivity (Wildman–Crippen MR) is 93.8 cm³/mol. The van der Waals surface area contributed by atoms with Crippen LogP contribution in [0.3, 0.4) is 0 Å². The SMILES string of the molecule is CCn1c(Cc2ccccc2)nnc1SCc1ccc(Cl)s1. The maximum atomic E-state index is 5.97. The molecule has 3 nitrogen and oxygen atoms in total. The van der Waals surface area contributed by atoms with Crippen molar-refractivity contribution in [1.29, 1.82) is 0 Å². The minimum absolute atomic E-state index is 0.813. The van der Waals surface area contributed by atoms with E-state index in [1.807, 2.05) is 12.1 Å². The van der Waals surface area contributed by atoms with Crippen molar-refractivity contribution < 1.29 is 0 Å². The van der Waals surface area contributed by atoms with Gasteiger partial charge in [0.15, 0.2) is 5.16 Å². The fourth-order valence-corrected chi connectivity index (χ4v) is 4.37. The average molecular weight is 350 g/mol. The molecular weight excluding hydrogens is 334 g/mol. The average Bonchev–Trinajstić information content (AvgIpc) is 3.12. The topological polar surface area (TPSA) is 30.7 Å². The first-order valence-electron chi connectivity index (χ1n) is 7.09. The summed E-state index contributed by atoms with van der Waals surface area (Å²) in [5.74, 6) is 1.89. The van der Waals surface area contributed by atoms with Crippen LogP contribution in [0.5, 0.6) is 0 Å². The van der Waals surface area contributed by atoms with Crippen LogP contribution >= 0.6 is 34.7 Å². The van der Waals surface area contributed by atoms with Crippen LogP contribution in [0.4, 0.5) is 0 Å². The zero-order valence-electron chi connectivity index (χ0n) is 12.2. The molecule has 0 saturated heterocycles. The Hall–Kier alpha value is -1.30. The molecule has 2 heterocycles. The molecule has 0 unspecified atom stereocenters. The standard InChI is InChI=1S/C16H16ClN3S2/c1-2-20-15(10-12-6-4-3-5-7-12)18-19-16(20)21-11-13-8-9-14(17)22-13/h3-9H,2,10-11H2,1H3. The largest absolute Gasteiger partial charge is 0.306 e. The molecule has 3 rings (SSSR count). The van der Waals surface area contributed by atoms with Gasteiger partial charge in [0, 0.05) is 23.6 Å². The van der Waals surface area contributed by atoms with Crippen molar-refractivity contribution in [2.24, 2.45) is 0 Å². The van der Waals surface area contributed by atoms with Crippen LogP contribution in [0.25, 0.3) is 0 Å². The lowest BCUT2D eigenvalue weighted by atomic mass is 10.1. The third-order valence-corrected chi connectivity index (χ3v) is 5.72. The highest BCUT2D eigenvalue weighted by Gasteiger charge is 2.12. The molecule has 0 atom stereocenters.